The molecule has 0 aromatic heterocycles. The van der Waals surface area contributed by atoms with Gasteiger partial charge in [-0.1, -0.05) is 17.7 Å². The van der Waals surface area contributed by atoms with E-state index in [2.05, 4.69) is 5.32 Å². The van der Waals surface area contributed by atoms with Crippen molar-refractivity contribution in [2.24, 2.45) is 5.73 Å². The van der Waals surface area contributed by atoms with E-state index in [0.29, 0.717) is 10.8 Å². The van der Waals surface area contributed by atoms with E-state index in [1.165, 1.54) is 0 Å². The van der Waals surface area contributed by atoms with Crippen molar-refractivity contribution in [2.75, 3.05) is 12.8 Å². The second-order valence-corrected chi connectivity index (χ2v) is 4.54. The minimum atomic E-state index is -0.341. The Hall–Kier alpha value is -0.710. The van der Waals surface area contributed by atoms with E-state index in [4.69, 9.17) is 17.3 Å². The highest BCUT2D eigenvalue weighted by Gasteiger charge is 2.12. The fraction of sp³-hybridized carbons (Fsp3) is 0.300. The number of rotatable bonds is 5. The molecule has 82 valence electrons. The molecule has 1 atom stereocenters. The fourth-order valence-corrected chi connectivity index (χ4v) is 2.37. The van der Waals surface area contributed by atoms with Crippen molar-refractivity contribution in [1.82, 2.24) is 5.32 Å². The lowest BCUT2D eigenvalue weighted by Gasteiger charge is -2.11. The van der Waals surface area contributed by atoms with Gasteiger partial charge in [-0.3, -0.25) is 4.79 Å². The van der Waals surface area contributed by atoms with E-state index >= 15 is 0 Å². The number of carbonyl (C=O) groups is 1. The average molecular weight is 245 g/mol. The summed E-state index contributed by atoms with van der Waals surface area (Å²) in [4.78, 5) is 12.0. The zero-order valence-corrected chi connectivity index (χ0v) is 9.94. The monoisotopic (exact) mass is 244 g/mol. The first-order valence-corrected chi connectivity index (χ1v) is 5.85. The molecule has 1 aromatic carbocycles. The second-order valence-electron chi connectivity index (χ2n) is 3.01. The third-order valence-corrected chi connectivity index (χ3v) is 3.23. The minimum absolute atomic E-state index is 0.311. The Kier molecular flexibility index (Phi) is 4.94. The van der Waals surface area contributed by atoms with Crippen LogP contribution in [0.25, 0.3) is 0 Å². The van der Waals surface area contributed by atoms with Gasteiger partial charge in [0.1, 0.15) is 0 Å². The SMILES string of the molecule is CNC(CSc1cccc(Cl)c1)C(N)=O. The lowest BCUT2D eigenvalue weighted by molar-refractivity contribution is -0.119. The lowest BCUT2D eigenvalue weighted by Crippen LogP contribution is -2.41. The van der Waals surface area contributed by atoms with Gasteiger partial charge in [-0.2, -0.15) is 0 Å². The Morgan fingerprint density at radius 3 is 2.93 bits per heavy atom. The molecule has 1 rings (SSSR count). The van der Waals surface area contributed by atoms with Crippen LogP contribution in [-0.4, -0.2) is 24.7 Å². The Balaban J connectivity index is 2.52. The van der Waals surface area contributed by atoms with Gasteiger partial charge in [-0.15, -0.1) is 11.8 Å². The van der Waals surface area contributed by atoms with Gasteiger partial charge in [0, 0.05) is 15.7 Å². The molecule has 0 heterocycles. The minimum Gasteiger partial charge on any atom is -0.368 e. The number of halogens is 1. The normalized spacial score (nSPS) is 12.4. The van der Waals surface area contributed by atoms with E-state index in [1.807, 2.05) is 24.3 Å². The predicted octanol–water partition coefficient (Wildman–Crippen LogP) is 1.51. The van der Waals surface area contributed by atoms with E-state index in [1.54, 1.807) is 18.8 Å². The van der Waals surface area contributed by atoms with Crippen LogP contribution in [0.4, 0.5) is 0 Å². The molecule has 0 saturated heterocycles. The molecule has 0 aliphatic heterocycles. The molecular formula is C10H13ClN2OS. The number of thioether (sulfide) groups is 1. The van der Waals surface area contributed by atoms with Crippen molar-refractivity contribution in [3.8, 4) is 0 Å². The van der Waals surface area contributed by atoms with Crippen molar-refractivity contribution in [2.45, 2.75) is 10.9 Å². The molecule has 1 amide bonds. The number of likely N-dealkylation sites (N-methyl/N-ethyl adjacent to an activating group) is 1. The molecule has 0 aliphatic carbocycles. The molecule has 0 fully saturated rings. The van der Waals surface area contributed by atoms with Gasteiger partial charge in [-0.25, -0.2) is 0 Å². The molecule has 5 heteroatoms. The summed E-state index contributed by atoms with van der Waals surface area (Å²) in [6, 6.07) is 7.19. The number of carbonyl (C=O) groups excluding carboxylic acids is 1. The van der Waals surface area contributed by atoms with Gasteiger partial charge in [0.25, 0.3) is 0 Å². The first-order chi connectivity index (χ1) is 7.13. The van der Waals surface area contributed by atoms with E-state index < -0.39 is 0 Å². The molecule has 0 spiro atoms. The second kappa shape index (κ2) is 6.00. The van der Waals surface area contributed by atoms with Crippen molar-refractivity contribution in [3.05, 3.63) is 29.3 Å². The number of amides is 1. The standard InChI is InChI=1S/C10H13ClN2OS/c1-13-9(10(12)14)6-15-8-4-2-3-7(11)5-8/h2-5,9,13H,6H2,1H3,(H2,12,14). The molecule has 15 heavy (non-hydrogen) atoms. The summed E-state index contributed by atoms with van der Waals surface area (Å²) in [5, 5.41) is 3.55. The van der Waals surface area contributed by atoms with E-state index in [9.17, 15) is 4.79 Å². The van der Waals surface area contributed by atoms with Gasteiger partial charge in [0.2, 0.25) is 5.91 Å². The number of nitrogens with one attached hydrogen (secondary N) is 1. The van der Waals surface area contributed by atoms with Crippen LogP contribution >= 0.6 is 23.4 Å². The third-order valence-electron chi connectivity index (χ3n) is 1.90. The lowest BCUT2D eigenvalue weighted by atomic mass is 10.3. The zero-order chi connectivity index (χ0) is 11.3. The smallest absolute Gasteiger partial charge is 0.235 e. The predicted molar refractivity (Wildman–Crippen MR) is 64.2 cm³/mol. The van der Waals surface area contributed by atoms with Gasteiger partial charge in [-0.05, 0) is 25.2 Å². The van der Waals surface area contributed by atoms with Gasteiger partial charge < -0.3 is 11.1 Å². The fourth-order valence-electron chi connectivity index (χ4n) is 1.04. The summed E-state index contributed by atoms with van der Waals surface area (Å²) in [7, 11) is 1.72. The molecule has 0 aliphatic rings. The molecule has 1 aromatic rings. The molecule has 3 nitrogen and oxygen atoms in total. The van der Waals surface area contributed by atoms with Crippen LogP contribution < -0.4 is 11.1 Å². The maximum atomic E-state index is 10.9. The third kappa shape index (κ3) is 4.11. The number of nitrogens with two attached hydrogens (primary N) is 1. The topological polar surface area (TPSA) is 55.1 Å². The Morgan fingerprint density at radius 2 is 2.40 bits per heavy atom. The Labute approximate surface area is 98.4 Å². The quantitative estimate of drug-likeness (QED) is 0.772. The molecular weight excluding hydrogens is 232 g/mol. The van der Waals surface area contributed by atoms with Crippen LogP contribution in [0.5, 0.6) is 0 Å². The molecule has 0 bridgehead atoms. The largest absolute Gasteiger partial charge is 0.368 e. The Morgan fingerprint density at radius 1 is 1.67 bits per heavy atom. The maximum Gasteiger partial charge on any atom is 0.235 e. The molecule has 0 saturated carbocycles. The van der Waals surface area contributed by atoms with E-state index in [0.717, 1.165) is 4.90 Å². The molecule has 3 N–H and O–H groups in total. The number of benzene rings is 1. The van der Waals surface area contributed by atoms with E-state index in [-0.39, 0.29) is 11.9 Å². The summed E-state index contributed by atoms with van der Waals surface area (Å²) in [5.41, 5.74) is 5.20. The van der Waals surface area contributed by atoms with Gasteiger partial charge in [0.15, 0.2) is 0 Å². The van der Waals surface area contributed by atoms with Crippen LogP contribution in [0.3, 0.4) is 0 Å². The highest BCUT2D eigenvalue weighted by atomic mass is 35.5. The van der Waals surface area contributed by atoms with Crippen molar-refractivity contribution in [1.29, 1.82) is 0 Å². The van der Waals surface area contributed by atoms with Gasteiger partial charge >= 0.3 is 0 Å². The highest BCUT2D eigenvalue weighted by molar-refractivity contribution is 7.99. The summed E-state index contributed by atoms with van der Waals surface area (Å²) >= 11 is 7.38. The van der Waals surface area contributed by atoms with Crippen molar-refractivity contribution >= 4 is 29.3 Å². The zero-order valence-electron chi connectivity index (χ0n) is 8.37. The molecule has 1 unspecified atom stereocenters. The average Bonchev–Trinajstić information content (AvgIpc) is 2.18. The number of hydrogen-bond donors (Lipinski definition) is 2. The highest BCUT2D eigenvalue weighted by Crippen LogP contribution is 2.21. The number of hydrogen-bond acceptors (Lipinski definition) is 3. The van der Waals surface area contributed by atoms with Crippen LogP contribution in [0.2, 0.25) is 5.02 Å². The van der Waals surface area contributed by atoms with Crippen LogP contribution in [-0.2, 0) is 4.79 Å². The Bertz CT molecular complexity index is 346. The molecule has 0 radical (unpaired) electrons. The van der Waals surface area contributed by atoms with Crippen LogP contribution in [0, 0.1) is 0 Å². The van der Waals surface area contributed by atoms with Crippen LogP contribution in [0.15, 0.2) is 29.2 Å². The summed E-state index contributed by atoms with van der Waals surface area (Å²) in [6.45, 7) is 0. The van der Waals surface area contributed by atoms with Gasteiger partial charge in [0.05, 0.1) is 6.04 Å². The first-order valence-electron chi connectivity index (χ1n) is 4.48. The van der Waals surface area contributed by atoms with Crippen LogP contribution in [0.1, 0.15) is 0 Å². The van der Waals surface area contributed by atoms with Crippen molar-refractivity contribution in [3.63, 3.8) is 0 Å². The summed E-state index contributed by atoms with van der Waals surface area (Å²) < 4.78 is 0. The maximum absolute atomic E-state index is 10.9. The first kappa shape index (κ1) is 12.4. The summed E-state index contributed by atoms with van der Waals surface area (Å²) in [6.07, 6.45) is 0. The summed E-state index contributed by atoms with van der Waals surface area (Å²) in [5.74, 6) is 0.263. The van der Waals surface area contributed by atoms with Crippen molar-refractivity contribution < 1.29 is 4.79 Å². The number of primary amides is 1.